The van der Waals surface area contributed by atoms with Gasteiger partial charge in [-0.3, -0.25) is 29.0 Å². The molecule has 270 valence electrons. The number of nitrogens with zero attached hydrogens (tertiary/aromatic N) is 7. The first-order valence-electron chi connectivity index (χ1n) is 17.1. The van der Waals surface area contributed by atoms with Gasteiger partial charge in [0.15, 0.2) is 5.65 Å². The van der Waals surface area contributed by atoms with Crippen molar-refractivity contribution in [1.82, 2.24) is 33.9 Å². The molecule has 1 unspecified atom stereocenters. The van der Waals surface area contributed by atoms with Crippen LogP contribution >= 0.6 is 0 Å². The van der Waals surface area contributed by atoms with Crippen molar-refractivity contribution in [2.45, 2.75) is 31.5 Å². The highest BCUT2D eigenvalue weighted by molar-refractivity contribution is 5.99. The third-order valence-electron chi connectivity index (χ3n) is 9.94. The van der Waals surface area contributed by atoms with Crippen molar-refractivity contribution >= 4 is 34.1 Å². The van der Waals surface area contributed by atoms with E-state index in [1.165, 1.54) is 4.40 Å². The zero-order valence-electron chi connectivity index (χ0n) is 29.0. The number of imide groups is 1. The molecule has 0 aliphatic carbocycles. The van der Waals surface area contributed by atoms with Crippen molar-refractivity contribution in [1.29, 1.82) is 0 Å². The molecule has 0 saturated carbocycles. The molecule has 3 aliphatic rings. The normalized spacial score (nSPS) is 18.4. The fourth-order valence-corrected chi connectivity index (χ4v) is 7.15. The molecule has 1 aromatic carbocycles. The van der Waals surface area contributed by atoms with Crippen LogP contribution in [0.15, 0.2) is 58.5 Å². The highest BCUT2D eigenvalue weighted by Crippen LogP contribution is 2.39. The summed E-state index contributed by atoms with van der Waals surface area (Å²) in [7, 11) is 5.00. The van der Waals surface area contributed by atoms with Gasteiger partial charge in [-0.05, 0) is 36.2 Å². The Morgan fingerprint density at radius 1 is 0.981 bits per heavy atom. The summed E-state index contributed by atoms with van der Waals surface area (Å²) in [4.78, 5) is 59.0. The second-order valence-electron chi connectivity index (χ2n) is 13.2. The van der Waals surface area contributed by atoms with Crippen LogP contribution in [0.5, 0.6) is 17.2 Å². The SMILES string of the molecule is COc1cc(-c2cn(C)c(=O)c3cnc(N4CCOCC4)cc23)cc(OC)c1CN1CC(Oc2ccn3c(=O)n(C4CCC(=O)NC4=O)nc3c2)C1. The van der Waals surface area contributed by atoms with E-state index in [9.17, 15) is 19.2 Å². The first-order valence-corrected chi connectivity index (χ1v) is 17.1. The smallest absolute Gasteiger partial charge is 0.351 e. The lowest BCUT2D eigenvalue weighted by Gasteiger charge is -2.39. The standard InChI is InChI=1S/C36H38N8O8/c1-40-19-26(24-15-31(37-16-25(24)35(40)47)42-8-10-51-11-9-42)21-12-29(49-2)27(30(13-21)50-3)20-41-17-23(18-41)52-22-6-7-43-32(14-22)39-44(36(43)48)28-4-5-33(45)38-34(28)46/h6-7,12-16,19,23,28H,4-5,8-11,17-18,20H2,1-3H3,(H,38,45,46). The average Bonchev–Trinajstić information content (AvgIpc) is 3.46. The van der Waals surface area contributed by atoms with Crippen LogP contribution in [0.1, 0.15) is 24.4 Å². The van der Waals surface area contributed by atoms with E-state index in [0.29, 0.717) is 61.1 Å². The lowest BCUT2D eigenvalue weighted by atomic mass is 9.98. The molecule has 2 amide bonds. The Balaban J connectivity index is 0.998. The molecule has 3 saturated heterocycles. The van der Waals surface area contributed by atoms with Gasteiger partial charge in [0.2, 0.25) is 5.91 Å². The molecule has 1 N–H and O–H groups in total. The number of hydrogen-bond donors (Lipinski definition) is 1. The van der Waals surface area contributed by atoms with Gasteiger partial charge < -0.3 is 28.4 Å². The molecule has 16 heteroatoms. The van der Waals surface area contributed by atoms with Gasteiger partial charge in [-0.2, -0.15) is 4.68 Å². The zero-order chi connectivity index (χ0) is 36.1. The Bertz CT molecular complexity index is 2310. The monoisotopic (exact) mass is 710 g/mol. The maximum absolute atomic E-state index is 13.1. The predicted octanol–water partition coefficient (Wildman–Crippen LogP) is 1.50. The number of nitrogens with one attached hydrogen (secondary N) is 1. The number of rotatable bonds is 9. The van der Waals surface area contributed by atoms with Crippen LogP contribution in [0.25, 0.3) is 27.5 Å². The molecule has 7 heterocycles. The molecule has 5 aromatic rings. The number of fused-ring (bicyclic) bond motifs is 2. The average molecular weight is 711 g/mol. The zero-order valence-corrected chi connectivity index (χ0v) is 29.0. The molecule has 8 rings (SSSR count). The Morgan fingerprint density at radius 2 is 1.73 bits per heavy atom. The van der Waals surface area contributed by atoms with Crippen molar-refractivity contribution in [3.05, 3.63) is 75.3 Å². The minimum absolute atomic E-state index is 0.103. The lowest BCUT2D eigenvalue weighted by Crippen LogP contribution is -2.53. The van der Waals surface area contributed by atoms with Gasteiger partial charge in [0.25, 0.3) is 11.5 Å². The molecule has 0 spiro atoms. The van der Waals surface area contributed by atoms with Gasteiger partial charge in [-0.25, -0.2) is 9.78 Å². The lowest BCUT2D eigenvalue weighted by molar-refractivity contribution is -0.136. The van der Waals surface area contributed by atoms with Crippen LogP contribution in [0.2, 0.25) is 0 Å². The number of likely N-dealkylation sites (tertiary alicyclic amines) is 1. The second kappa shape index (κ2) is 13.4. The predicted molar refractivity (Wildman–Crippen MR) is 189 cm³/mol. The number of anilines is 1. The van der Waals surface area contributed by atoms with Crippen LogP contribution in [-0.4, -0.2) is 100 Å². The third kappa shape index (κ3) is 6.02. The number of carbonyl (C=O) groups is 2. The number of methoxy groups -OCH3 is 2. The number of piperidine rings is 1. The number of aromatic nitrogens is 5. The largest absolute Gasteiger partial charge is 0.496 e. The first kappa shape index (κ1) is 33.4. The van der Waals surface area contributed by atoms with E-state index in [-0.39, 0.29) is 30.4 Å². The van der Waals surface area contributed by atoms with E-state index in [0.717, 1.165) is 45.7 Å². The molecule has 16 nitrogen and oxygen atoms in total. The molecule has 4 aromatic heterocycles. The van der Waals surface area contributed by atoms with Gasteiger partial charge >= 0.3 is 5.69 Å². The molecule has 1 atom stereocenters. The van der Waals surface area contributed by atoms with E-state index in [2.05, 4.69) is 25.2 Å². The van der Waals surface area contributed by atoms with Crippen molar-refractivity contribution in [3.63, 3.8) is 0 Å². The summed E-state index contributed by atoms with van der Waals surface area (Å²) in [5.41, 5.74) is 2.35. The van der Waals surface area contributed by atoms with Crippen LogP contribution < -0.4 is 35.7 Å². The van der Waals surface area contributed by atoms with Crippen LogP contribution in [-0.2, 0) is 27.9 Å². The molecular weight excluding hydrogens is 672 g/mol. The minimum atomic E-state index is -0.844. The van der Waals surface area contributed by atoms with Gasteiger partial charge in [0.05, 0.1) is 38.4 Å². The molecule has 52 heavy (non-hydrogen) atoms. The number of ether oxygens (including phenoxy) is 4. The summed E-state index contributed by atoms with van der Waals surface area (Å²) < 4.78 is 27.6. The Morgan fingerprint density at radius 3 is 2.44 bits per heavy atom. The Kier molecular flexibility index (Phi) is 8.63. The minimum Gasteiger partial charge on any atom is -0.496 e. The van der Waals surface area contributed by atoms with Gasteiger partial charge in [-0.15, -0.1) is 5.10 Å². The van der Waals surface area contributed by atoms with Crippen molar-refractivity contribution in [3.8, 4) is 28.4 Å². The van der Waals surface area contributed by atoms with E-state index in [1.54, 1.807) is 50.4 Å². The molecule has 0 bridgehead atoms. The van der Waals surface area contributed by atoms with E-state index in [1.807, 2.05) is 24.4 Å². The van der Waals surface area contributed by atoms with Crippen molar-refractivity contribution in [2.24, 2.45) is 7.05 Å². The fourth-order valence-electron chi connectivity index (χ4n) is 7.15. The summed E-state index contributed by atoms with van der Waals surface area (Å²) in [5, 5.41) is 7.96. The van der Waals surface area contributed by atoms with Crippen LogP contribution in [0.3, 0.4) is 0 Å². The quantitative estimate of drug-likeness (QED) is 0.220. The van der Waals surface area contributed by atoms with Crippen LogP contribution in [0, 0.1) is 0 Å². The summed E-state index contributed by atoms with van der Waals surface area (Å²) >= 11 is 0. The number of carbonyl (C=O) groups excluding carboxylic acids is 2. The number of benzene rings is 1. The summed E-state index contributed by atoms with van der Waals surface area (Å²) in [6.45, 7) is 4.54. The Hall–Kier alpha value is -5.74. The number of hydrogen-bond acceptors (Lipinski definition) is 12. The Labute approximate surface area is 297 Å². The highest BCUT2D eigenvalue weighted by atomic mass is 16.5. The number of aryl methyl sites for hydroxylation is 1. The highest BCUT2D eigenvalue weighted by Gasteiger charge is 2.32. The first-order chi connectivity index (χ1) is 25.2. The van der Waals surface area contributed by atoms with Crippen LogP contribution in [0.4, 0.5) is 5.82 Å². The second-order valence-corrected chi connectivity index (χ2v) is 13.2. The summed E-state index contributed by atoms with van der Waals surface area (Å²) in [6, 6.07) is 8.45. The van der Waals surface area contributed by atoms with Crippen molar-refractivity contribution < 1.29 is 28.5 Å². The topological polar surface area (TPSA) is 164 Å². The summed E-state index contributed by atoms with van der Waals surface area (Å²) in [6.07, 6.45) is 5.32. The van der Waals surface area contributed by atoms with E-state index >= 15 is 0 Å². The maximum atomic E-state index is 13.1. The van der Waals surface area contributed by atoms with Gasteiger partial charge in [-0.1, -0.05) is 0 Å². The molecule has 3 aliphatic heterocycles. The fraction of sp³-hybridized carbons (Fsp3) is 0.389. The summed E-state index contributed by atoms with van der Waals surface area (Å²) in [5.74, 6) is 1.77. The van der Waals surface area contributed by atoms with E-state index in [4.69, 9.17) is 18.9 Å². The number of amides is 2. The number of pyridine rings is 3. The molecule has 3 fully saturated rings. The van der Waals surface area contributed by atoms with Crippen molar-refractivity contribution in [2.75, 3.05) is 58.5 Å². The molecular formula is C36H38N8O8. The van der Waals surface area contributed by atoms with Gasteiger partial charge in [0.1, 0.15) is 35.2 Å². The molecule has 0 radical (unpaired) electrons. The van der Waals surface area contributed by atoms with E-state index < -0.39 is 17.6 Å². The third-order valence-corrected chi connectivity index (χ3v) is 9.94. The van der Waals surface area contributed by atoms with Gasteiger partial charge in [0, 0.05) is 81.8 Å². The maximum Gasteiger partial charge on any atom is 0.351 e. The number of morpholine rings is 1.